The van der Waals surface area contributed by atoms with Crippen molar-refractivity contribution in [2.45, 2.75) is 0 Å². The van der Waals surface area contributed by atoms with E-state index in [2.05, 4.69) is 263 Å². The maximum atomic E-state index is 2.37. The van der Waals surface area contributed by atoms with Crippen LogP contribution in [-0.4, -0.2) is 9.13 Å². The molecule has 2 aromatic heterocycles. The molecule has 0 spiro atoms. The average Bonchev–Trinajstić information content (AvgIpc) is 3.88. The van der Waals surface area contributed by atoms with Crippen LogP contribution >= 0.6 is 0 Å². The highest BCUT2D eigenvalue weighted by atomic mass is 15.1. The number of rotatable bonds is 8. The van der Waals surface area contributed by atoms with Crippen LogP contribution in [0.15, 0.2) is 249 Å². The van der Waals surface area contributed by atoms with E-state index < -0.39 is 0 Å². The first-order valence-electron chi connectivity index (χ1n) is 21.6. The molecule has 0 aliphatic carbocycles. The van der Waals surface area contributed by atoms with Gasteiger partial charge in [0.25, 0.3) is 0 Å². The van der Waals surface area contributed by atoms with Gasteiger partial charge in [0, 0.05) is 50.0 Å². The fourth-order valence-corrected chi connectivity index (χ4v) is 9.49. The Bertz CT molecular complexity index is 3450. The minimum atomic E-state index is 1.09. The largest absolute Gasteiger partial charge is 0.311 e. The van der Waals surface area contributed by atoms with Crippen molar-refractivity contribution in [3.05, 3.63) is 249 Å². The summed E-state index contributed by atoms with van der Waals surface area (Å²) in [5.74, 6) is 0. The first-order chi connectivity index (χ1) is 31.2. The molecule has 0 amide bonds. The molecular weight excluding hydrogens is 763 g/mol. The summed E-state index contributed by atoms with van der Waals surface area (Å²) in [5, 5.41) is 5.06. The third kappa shape index (κ3) is 6.38. The van der Waals surface area contributed by atoms with E-state index in [-0.39, 0.29) is 0 Å². The third-order valence-corrected chi connectivity index (χ3v) is 12.6. The number of para-hydroxylation sites is 4. The lowest BCUT2D eigenvalue weighted by atomic mass is 10.00. The normalized spacial score (nSPS) is 11.5. The van der Waals surface area contributed by atoms with Crippen LogP contribution in [0.3, 0.4) is 0 Å². The molecule has 2 heterocycles. The molecule has 0 unspecified atom stereocenters. The monoisotopic (exact) mass is 803 g/mol. The maximum Gasteiger partial charge on any atom is 0.0541 e. The van der Waals surface area contributed by atoms with Gasteiger partial charge in [-0.25, -0.2) is 0 Å². The molecule has 0 radical (unpaired) electrons. The van der Waals surface area contributed by atoms with Gasteiger partial charge in [0.05, 0.1) is 22.1 Å². The Kier molecular flexibility index (Phi) is 8.83. The van der Waals surface area contributed by atoms with Gasteiger partial charge < -0.3 is 14.0 Å². The smallest absolute Gasteiger partial charge is 0.0541 e. The zero-order valence-electron chi connectivity index (χ0n) is 34.5. The van der Waals surface area contributed by atoms with Crippen molar-refractivity contribution >= 4 is 60.7 Å². The van der Waals surface area contributed by atoms with Gasteiger partial charge in [0.1, 0.15) is 0 Å². The van der Waals surface area contributed by atoms with Gasteiger partial charge in [-0.3, -0.25) is 0 Å². The van der Waals surface area contributed by atoms with Crippen LogP contribution in [0.25, 0.3) is 88.4 Å². The molecule has 0 bridgehead atoms. The molecule has 0 fully saturated rings. The molecule has 0 atom stereocenters. The van der Waals surface area contributed by atoms with Crippen molar-refractivity contribution in [2.75, 3.05) is 4.90 Å². The second-order valence-corrected chi connectivity index (χ2v) is 16.2. The van der Waals surface area contributed by atoms with Crippen molar-refractivity contribution in [1.29, 1.82) is 0 Å². The van der Waals surface area contributed by atoms with Crippen molar-refractivity contribution in [2.24, 2.45) is 0 Å². The van der Waals surface area contributed by atoms with E-state index in [1.165, 1.54) is 77.0 Å². The first-order valence-corrected chi connectivity index (χ1v) is 21.6. The SMILES string of the molecule is c1ccc(-c2ccc(-c3ccc(N(c4ccc(-c5ccc(-n6c7ccccc7c7ccccc76)cc5)cc4)c4ccc(-n5c6ccccc6c6ccccc65)cc4)cc3)cc2)cc1. The fraction of sp³-hybridized carbons (Fsp3) is 0. The summed E-state index contributed by atoms with van der Waals surface area (Å²) in [6.07, 6.45) is 0. The minimum absolute atomic E-state index is 1.09. The fourth-order valence-electron chi connectivity index (χ4n) is 9.49. The molecule has 0 aliphatic heterocycles. The highest BCUT2D eigenvalue weighted by Crippen LogP contribution is 2.39. The Labute approximate surface area is 366 Å². The molecule has 0 N–H and O–H groups in total. The molecule has 10 aromatic carbocycles. The van der Waals surface area contributed by atoms with Crippen molar-refractivity contribution in [1.82, 2.24) is 9.13 Å². The summed E-state index contributed by atoms with van der Waals surface area (Å²) in [5.41, 5.74) is 17.5. The molecular formula is C60H41N3. The molecule has 12 aromatic rings. The van der Waals surface area contributed by atoms with Gasteiger partial charge in [-0.05, 0) is 118 Å². The van der Waals surface area contributed by atoms with E-state index in [9.17, 15) is 0 Å². The van der Waals surface area contributed by atoms with Crippen LogP contribution in [0.1, 0.15) is 0 Å². The van der Waals surface area contributed by atoms with Crippen molar-refractivity contribution in [3.8, 4) is 44.8 Å². The van der Waals surface area contributed by atoms with Crippen LogP contribution in [0.4, 0.5) is 17.1 Å². The molecule has 0 aliphatic rings. The second kappa shape index (κ2) is 15.3. The van der Waals surface area contributed by atoms with Gasteiger partial charge >= 0.3 is 0 Å². The molecule has 12 rings (SSSR count). The predicted molar refractivity (Wildman–Crippen MR) is 266 cm³/mol. The predicted octanol–water partition coefficient (Wildman–Crippen LogP) is 16.4. The van der Waals surface area contributed by atoms with Crippen LogP contribution < -0.4 is 4.90 Å². The number of benzene rings is 10. The van der Waals surface area contributed by atoms with Crippen molar-refractivity contribution < 1.29 is 0 Å². The number of anilines is 3. The Morgan fingerprint density at radius 3 is 0.794 bits per heavy atom. The lowest BCUT2D eigenvalue weighted by Crippen LogP contribution is -2.10. The molecule has 0 saturated heterocycles. The van der Waals surface area contributed by atoms with E-state index in [1.54, 1.807) is 0 Å². The van der Waals surface area contributed by atoms with E-state index in [0.29, 0.717) is 0 Å². The summed E-state index contributed by atoms with van der Waals surface area (Å²) in [6, 6.07) is 90.0. The van der Waals surface area contributed by atoms with Crippen LogP contribution in [0.5, 0.6) is 0 Å². The van der Waals surface area contributed by atoms with Crippen molar-refractivity contribution in [3.63, 3.8) is 0 Å². The molecule has 296 valence electrons. The molecule has 3 nitrogen and oxygen atoms in total. The van der Waals surface area contributed by atoms with Crippen LogP contribution in [0, 0.1) is 0 Å². The van der Waals surface area contributed by atoms with Gasteiger partial charge in [-0.15, -0.1) is 0 Å². The summed E-state index contributed by atoms with van der Waals surface area (Å²) < 4.78 is 4.74. The highest BCUT2D eigenvalue weighted by molar-refractivity contribution is 6.10. The standard InChI is InChI=1S/C60H41N3/c1-2-12-42(13-3-1)43-22-24-44(25-23-43)45-26-32-48(33-27-45)61(50-38-40-52(41-39-50)63-59-20-10-6-16-55(59)56-17-7-11-21-60(56)63)49-34-28-46(29-35-49)47-30-36-51(37-31-47)62-57-18-8-4-14-53(57)54-15-5-9-19-58(54)62/h1-41H. The Morgan fingerprint density at radius 2 is 0.444 bits per heavy atom. The Morgan fingerprint density at radius 1 is 0.206 bits per heavy atom. The highest BCUT2D eigenvalue weighted by Gasteiger charge is 2.17. The first kappa shape index (κ1) is 36.5. The van der Waals surface area contributed by atoms with E-state index in [1.807, 2.05) is 0 Å². The Hall–Kier alpha value is -8.40. The number of fused-ring (bicyclic) bond motifs is 6. The lowest BCUT2D eigenvalue weighted by molar-refractivity contribution is 1.17. The number of aromatic nitrogens is 2. The molecule has 63 heavy (non-hydrogen) atoms. The van der Waals surface area contributed by atoms with Gasteiger partial charge in [-0.2, -0.15) is 0 Å². The average molecular weight is 804 g/mol. The van der Waals surface area contributed by atoms with Crippen LogP contribution in [-0.2, 0) is 0 Å². The molecule has 0 saturated carbocycles. The topological polar surface area (TPSA) is 13.1 Å². The third-order valence-electron chi connectivity index (χ3n) is 12.6. The molecule has 3 heteroatoms. The summed E-state index contributed by atoms with van der Waals surface area (Å²) >= 11 is 0. The summed E-state index contributed by atoms with van der Waals surface area (Å²) in [7, 11) is 0. The lowest BCUT2D eigenvalue weighted by Gasteiger charge is -2.26. The van der Waals surface area contributed by atoms with Gasteiger partial charge in [0.15, 0.2) is 0 Å². The second-order valence-electron chi connectivity index (χ2n) is 16.2. The summed E-state index contributed by atoms with van der Waals surface area (Å²) in [4.78, 5) is 2.35. The van der Waals surface area contributed by atoms with E-state index in [4.69, 9.17) is 0 Å². The van der Waals surface area contributed by atoms with Gasteiger partial charge in [0.2, 0.25) is 0 Å². The Balaban J connectivity index is 0.897. The summed E-state index contributed by atoms with van der Waals surface area (Å²) in [6.45, 7) is 0. The van der Waals surface area contributed by atoms with E-state index >= 15 is 0 Å². The van der Waals surface area contributed by atoms with Gasteiger partial charge in [-0.1, -0.05) is 164 Å². The van der Waals surface area contributed by atoms with E-state index in [0.717, 1.165) is 28.4 Å². The maximum absolute atomic E-state index is 2.37. The zero-order valence-corrected chi connectivity index (χ0v) is 34.5. The van der Waals surface area contributed by atoms with Crippen LogP contribution in [0.2, 0.25) is 0 Å². The number of hydrogen-bond acceptors (Lipinski definition) is 1. The number of nitrogens with zero attached hydrogens (tertiary/aromatic N) is 3. The zero-order chi connectivity index (χ0) is 41.7. The number of hydrogen-bond donors (Lipinski definition) is 0. The quantitative estimate of drug-likeness (QED) is 0.149. The minimum Gasteiger partial charge on any atom is -0.311 e.